The van der Waals surface area contributed by atoms with Gasteiger partial charge in [0.2, 0.25) is 0 Å². The summed E-state index contributed by atoms with van der Waals surface area (Å²) in [6.07, 6.45) is 0.818. The van der Waals surface area contributed by atoms with E-state index in [0.29, 0.717) is 6.54 Å². The molecule has 0 aliphatic heterocycles. The number of carboxylic acids is 1. The molecule has 0 aromatic carbocycles. The van der Waals surface area contributed by atoms with Gasteiger partial charge in [0.05, 0.1) is 0 Å². The van der Waals surface area contributed by atoms with Gasteiger partial charge >= 0.3 is 12.0 Å². The zero-order valence-electron chi connectivity index (χ0n) is 10.6. The molecule has 17 heavy (non-hydrogen) atoms. The van der Waals surface area contributed by atoms with Gasteiger partial charge in [0, 0.05) is 25.6 Å². The van der Waals surface area contributed by atoms with E-state index in [4.69, 9.17) is 10.2 Å². The van der Waals surface area contributed by atoms with E-state index < -0.39 is 18.0 Å². The van der Waals surface area contributed by atoms with Crippen molar-refractivity contribution in [2.45, 2.75) is 45.7 Å². The number of amides is 2. The third-order valence-electron chi connectivity index (χ3n) is 2.74. The van der Waals surface area contributed by atoms with Crippen molar-refractivity contribution in [3.63, 3.8) is 0 Å². The van der Waals surface area contributed by atoms with Gasteiger partial charge in [-0.1, -0.05) is 6.92 Å². The third kappa shape index (κ3) is 5.04. The average molecular weight is 246 g/mol. The molecular weight excluding hydrogens is 224 g/mol. The third-order valence-corrected chi connectivity index (χ3v) is 2.74. The molecule has 0 rings (SSSR count). The van der Waals surface area contributed by atoms with E-state index in [0.717, 1.165) is 6.42 Å². The largest absolute Gasteiger partial charge is 0.480 e. The highest BCUT2D eigenvalue weighted by Gasteiger charge is 2.23. The first-order valence-electron chi connectivity index (χ1n) is 5.88. The number of aliphatic carboxylic acids is 1. The lowest BCUT2D eigenvalue weighted by Crippen LogP contribution is -2.50. The van der Waals surface area contributed by atoms with Crippen molar-refractivity contribution in [1.29, 1.82) is 0 Å². The Balaban J connectivity index is 4.51. The van der Waals surface area contributed by atoms with Crippen molar-refractivity contribution in [3.8, 4) is 0 Å². The van der Waals surface area contributed by atoms with E-state index in [1.54, 1.807) is 4.90 Å². The smallest absolute Gasteiger partial charge is 0.326 e. The molecule has 0 saturated heterocycles. The maximum absolute atomic E-state index is 11.8. The normalized spacial score (nSPS) is 13.9. The number of hydrogen-bond acceptors (Lipinski definition) is 3. The number of carbonyl (C=O) groups excluding carboxylic acids is 1. The second-order valence-electron chi connectivity index (χ2n) is 3.90. The summed E-state index contributed by atoms with van der Waals surface area (Å²) in [5, 5.41) is 20.0. The molecule has 0 fully saturated rings. The summed E-state index contributed by atoms with van der Waals surface area (Å²) in [6.45, 7) is 5.96. The van der Waals surface area contributed by atoms with E-state index in [1.807, 2.05) is 20.8 Å². The van der Waals surface area contributed by atoms with Gasteiger partial charge in [0.1, 0.15) is 6.04 Å². The average Bonchev–Trinajstić information content (AvgIpc) is 2.28. The van der Waals surface area contributed by atoms with E-state index >= 15 is 0 Å². The first-order valence-corrected chi connectivity index (χ1v) is 5.88. The van der Waals surface area contributed by atoms with E-state index in [2.05, 4.69) is 5.32 Å². The summed E-state index contributed by atoms with van der Waals surface area (Å²) >= 11 is 0. The second-order valence-corrected chi connectivity index (χ2v) is 3.90. The van der Waals surface area contributed by atoms with Crippen LogP contribution in [0.15, 0.2) is 0 Å². The van der Waals surface area contributed by atoms with E-state index in [-0.39, 0.29) is 19.1 Å². The van der Waals surface area contributed by atoms with E-state index in [9.17, 15) is 9.59 Å². The van der Waals surface area contributed by atoms with Gasteiger partial charge in [-0.05, 0) is 20.3 Å². The molecule has 0 heterocycles. The molecular formula is C11H22N2O4. The Kier molecular flexibility index (Phi) is 7.29. The van der Waals surface area contributed by atoms with Gasteiger partial charge in [-0.3, -0.25) is 0 Å². The van der Waals surface area contributed by atoms with Crippen molar-refractivity contribution >= 4 is 12.0 Å². The van der Waals surface area contributed by atoms with Crippen LogP contribution in [-0.4, -0.2) is 52.3 Å². The quantitative estimate of drug-likeness (QED) is 0.615. The van der Waals surface area contributed by atoms with Crippen molar-refractivity contribution in [2.75, 3.05) is 13.2 Å². The molecule has 2 amide bonds. The van der Waals surface area contributed by atoms with Crippen molar-refractivity contribution in [1.82, 2.24) is 10.2 Å². The Hall–Kier alpha value is -1.30. The molecule has 0 bridgehead atoms. The Labute approximate surface area is 102 Å². The summed E-state index contributed by atoms with van der Waals surface area (Å²) < 4.78 is 0. The summed E-state index contributed by atoms with van der Waals surface area (Å²) in [4.78, 5) is 24.2. The van der Waals surface area contributed by atoms with Crippen LogP contribution in [0.4, 0.5) is 4.79 Å². The molecule has 0 spiro atoms. The maximum atomic E-state index is 11.8. The molecule has 6 nitrogen and oxygen atoms in total. The van der Waals surface area contributed by atoms with Crippen LogP contribution in [0.2, 0.25) is 0 Å². The van der Waals surface area contributed by atoms with Gasteiger partial charge in [-0.15, -0.1) is 0 Å². The number of aliphatic hydroxyl groups excluding tert-OH is 1. The van der Waals surface area contributed by atoms with Crippen LogP contribution in [-0.2, 0) is 4.79 Å². The van der Waals surface area contributed by atoms with Crippen LogP contribution < -0.4 is 5.32 Å². The van der Waals surface area contributed by atoms with Crippen LogP contribution >= 0.6 is 0 Å². The Morgan fingerprint density at radius 2 is 1.94 bits per heavy atom. The van der Waals surface area contributed by atoms with Crippen LogP contribution in [0.5, 0.6) is 0 Å². The molecule has 2 unspecified atom stereocenters. The first kappa shape index (κ1) is 15.7. The number of urea groups is 1. The second kappa shape index (κ2) is 7.89. The monoisotopic (exact) mass is 246 g/mol. The Morgan fingerprint density at radius 3 is 2.29 bits per heavy atom. The molecule has 2 atom stereocenters. The number of hydrogen-bond donors (Lipinski definition) is 3. The van der Waals surface area contributed by atoms with Crippen LogP contribution in [0.25, 0.3) is 0 Å². The Morgan fingerprint density at radius 1 is 1.35 bits per heavy atom. The fraction of sp³-hybridized carbons (Fsp3) is 0.818. The predicted molar refractivity (Wildman–Crippen MR) is 63.8 cm³/mol. The summed E-state index contributed by atoms with van der Waals surface area (Å²) in [5.74, 6) is -1.13. The zero-order chi connectivity index (χ0) is 13.4. The topological polar surface area (TPSA) is 89.9 Å². The summed E-state index contributed by atoms with van der Waals surface area (Å²) in [5.41, 5.74) is 0. The van der Waals surface area contributed by atoms with Crippen LogP contribution in [0.3, 0.4) is 0 Å². The lowest BCUT2D eigenvalue weighted by Gasteiger charge is -2.28. The Bertz CT molecular complexity index is 258. The van der Waals surface area contributed by atoms with Gasteiger partial charge < -0.3 is 20.4 Å². The fourth-order valence-corrected chi connectivity index (χ4v) is 1.49. The minimum Gasteiger partial charge on any atom is -0.480 e. The number of nitrogens with zero attached hydrogens (tertiary/aromatic N) is 1. The molecule has 100 valence electrons. The molecule has 6 heteroatoms. The molecule has 0 aliphatic carbocycles. The summed E-state index contributed by atoms with van der Waals surface area (Å²) in [6, 6.07) is -1.38. The number of carbonyl (C=O) groups is 2. The number of nitrogens with one attached hydrogen (secondary N) is 1. The van der Waals surface area contributed by atoms with Crippen molar-refractivity contribution < 1.29 is 19.8 Å². The molecule has 0 saturated carbocycles. The lowest BCUT2D eigenvalue weighted by atomic mass is 10.2. The first-order chi connectivity index (χ1) is 7.97. The minimum atomic E-state index is -1.13. The number of aliphatic hydroxyl groups is 1. The molecule has 0 radical (unpaired) electrons. The SMILES string of the molecule is CCC(C)N(CC)C(=O)NC(CCO)C(=O)O. The highest BCUT2D eigenvalue weighted by molar-refractivity contribution is 5.82. The van der Waals surface area contributed by atoms with E-state index in [1.165, 1.54) is 0 Å². The standard InChI is InChI=1S/C11H22N2O4/c1-4-8(3)13(5-2)11(17)12-9(6-7-14)10(15)16/h8-9,14H,4-7H2,1-3H3,(H,12,17)(H,15,16). The minimum absolute atomic E-state index is 0.0130. The molecule has 0 aromatic rings. The van der Waals surface area contributed by atoms with Crippen molar-refractivity contribution in [2.24, 2.45) is 0 Å². The van der Waals surface area contributed by atoms with Gasteiger partial charge in [0.25, 0.3) is 0 Å². The van der Waals surface area contributed by atoms with Crippen LogP contribution in [0.1, 0.15) is 33.6 Å². The molecule has 3 N–H and O–H groups in total. The zero-order valence-corrected chi connectivity index (χ0v) is 10.6. The highest BCUT2D eigenvalue weighted by atomic mass is 16.4. The molecule has 0 aromatic heterocycles. The predicted octanol–water partition coefficient (Wildman–Crippen LogP) is 0.652. The highest BCUT2D eigenvalue weighted by Crippen LogP contribution is 2.04. The van der Waals surface area contributed by atoms with Gasteiger partial charge in [-0.25, -0.2) is 9.59 Å². The fourth-order valence-electron chi connectivity index (χ4n) is 1.49. The van der Waals surface area contributed by atoms with Crippen LogP contribution in [0, 0.1) is 0 Å². The number of carboxylic acid groups (broad SMARTS) is 1. The lowest BCUT2D eigenvalue weighted by molar-refractivity contribution is -0.139. The van der Waals surface area contributed by atoms with Gasteiger partial charge in [-0.2, -0.15) is 0 Å². The number of rotatable bonds is 7. The van der Waals surface area contributed by atoms with Crippen molar-refractivity contribution in [3.05, 3.63) is 0 Å². The van der Waals surface area contributed by atoms with Gasteiger partial charge in [0.15, 0.2) is 0 Å². The maximum Gasteiger partial charge on any atom is 0.326 e. The molecule has 0 aliphatic rings. The summed E-state index contributed by atoms with van der Waals surface area (Å²) in [7, 11) is 0.